The van der Waals surface area contributed by atoms with E-state index in [4.69, 9.17) is 15.2 Å². The molecule has 4 N–H and O–H groups in total. The zero-order valence-electron chi connectivity index (χ0n) is 17.0. The van der Waals surface area contributed by atoms with Crippen LogP contribution in [-0.4, -0.2) is 54.5 Å². The van der Waals surface area contributed by atoms with Crippen molar-refractivity contribution in [1.29, 1.82) is 0 Å². The van der Waals surface area contributed by atoms with Crippen LogP contribution < -0.4 is 16.4 Å². The lowest BCUT2D eigenvalue weighted by Crippen LogP contribution is -2.16. The van der Waals surface area contributed by atoms with E-state index in [1.807, 2.05) is 48.5 Å². The number of hydrogen-bond donors (Lipinski definition) is 3. The molecule has 0 saturated heterocycles. The molecule has 3 rings (SSSR count). The van der Waals surface area contributed by atoms with Crippen LogP contribution in [-0.2, 0) is 16.0 Å². The van der Waals surface area contributed by atoms with Crippen LogP contribution in [0, 0.1) is 0 Å². The Morgan fingerprint density at radius 3 is 2.03 bits per heavy atom. The second-order valence-electron chi connectivity index (χ2n) is 6.45. The van der Waals surface area contributed by atoms with E-state index in [1.165, 1.54) is 0 Å². The Hall–Kier alpha value is -3.07. The molecular formula is C22H28N6O2. The third-order valence-electron chi connectivity index (χ3n) is 4.12. The smallest absolute Gasteiger partial charge is 0.228 e. The van der Waals surface area contributed by atoms with E-state index in [-0.39, 0.29) is 0 Å². The lowest BCUT2D eigenvalue weighted by Gasteiger charge is -2.11. The second kappa shape index (κ2) is 12.5. The van der Waals surface area contributed by atoms with E-state index in [2.05, 4.69) is 37.7 Å². The van der Waals surface area contributed by atoms with E-state index in [0.29, 0.717) is 63.8 Å². The topological polar surface area (TPSA) is 107 Å². The maximum atomic E-state index is 5.54. The normalized spacial score (nSPS) is 10.7. The number of nitrogens with one attached hydrogen (secondary N) is 2. The van der Waals surface area contributed by atoms with Gasteiger partial charge in [-0.2, -0.15) is 15.0 Å². The fourth-order valence-electron chi connectivity index (χ4n) is 2.67. The molecule has 158 valence electrons. The summed E-state index contributed by atoms with van der Waals surface area (Å²) < 4.78 is 10.8. The van der Waals surface area contributed by atoms with Crippen molar-refractivity contribution in [2.45, 2.75) is 6.54 Å². The summed E-state index contributed by atoms with van der Waals surface area (Å²) >= 11 is 0. The number of anilines is 2. The van der Waals surface area contributed by atoms with Crippen LogP contribution in [0.15, 0.2) is 60.7 Å². The summed E-state index contributed by atoms with van der Waals surface area (Å²) in [5.74, 6) is 1.63. The zero-order chi connectivity index (χ0) is 20.9. The maximum absolute atomic E-state index is 5.54. The van der Waals surface area contributed by atoms with Gasteiger partial charge in [0, 0.05) is 25.2 Å². The van der Waals surface area contributed by atoms with Gasteiger partial charge < -0.3 is 25.8 Å². The molecule has 0 aliphatic rings. The third-order valence-corrected chi connectivity index (χ3v) is 4.12. The minimum atomic E-state index is 0.502. The van der Waals surface area contributed by atoms with E-state index in [1.54, 1.807) is 0 Å². The molecule has 0 unspecified atom stereocenters. The van der Waals surface area contributed by atoms with Gasteiger partial charge >= 0.3 is 0 Å². The Kier molecular flexibility index (Phi) is 9.00. The van der Waals surface area contributed by atoms with Gasteiger partial charge in [0.25, 0.3) is 0 Å². The first kappa shape index (κ1) is 21.6. The van der Waals surface area contributed by atoms with Gasteiger partial charge in [-0.1, -0.05) is 60.7 Å². The average Bonchev–Trinajstić information content (AvgIpc) is 2.80. The molecular weight excluding hydrogens is 380 g/mol. The molecule has 8 nitrogen and oxygen atoms in total. The number of ether oxygens (including phenoxy) is 2. The van der Waals surface area contributed by atoms with Crippen LogP contribution in [0.25, 0.3) is 11.4 Å². The SMILES string of the molecule is NCCOCCOCCNc1nc(NCc2ccccc2)nc(-c2ccccc2)n1. The van der Waals surface area contributed by atoms with Crippen LogP contribution in [0.1, 0.15) is 5.56 Å². The number of hydrogen-bond acceptors (Lipinski definition) is 8. The van der Waals surface area contributed by atoms with E-state index in [0.717, 1.165) is 11.1 Å². The first-order valence-electron chi connectivity index (χ1n) is 10.0. The van der Waals surface area contributed by atoms with Crippen molar-refractivity contribution < 1.29 is 9.47 Å². The van der Waals surface area contributed by atoms with Crippen LogP contribution >= 0.6 is 0 Å². The monoisotopic (exact) mass is 408 g/mol. The van der Waals surface area contributed by atoms with Crippen molar-refractivity contribution >= 4 is 11.9 Å². The van der Waals surface area contributed by atoms with Gasteiger partial charge in [-0.15, -0.1) is 0 Å². The molecule has 0 saturated carbocycles. The number of nitrogens with two attached hydrogens (primary N) is 1. The predicted molar refractivity (Wildman–Crippen MR) is 118 cm³/mol. The zero-order valence-corrected chi connectivity index (χ0v) is 17.0. The Balaban J connectivity index is 1.60. The van der Waals surface area contributed by atoms with Crippen molar-refractivity contribution in [3.63, 3.8) is 0 Å². The summed E-state index contributed by atoms with van der Waals surface area (Å²) in [5, 5.41) is 6.49. The Labute approximate surface area is 176 Å². The molecule has 0 spiro atoms. The highest BCUT2D eigenvalue weighted by atomic mass is 16.5. The number of rotatable bonds is 13. The van der Waals surface area contributed by atoms with Gasteiger partial charge in [-0.25, -0.2) is 0 Å². The number of aromatic nitrogens is 3. The van der Waals surface area contributed by atoms with Crippen LogP contribution in [0.2, 0.25) is 0 Å². The highest BCUT2D eigenvalue weighted by molar-refractivity contribution is 5.57. The predicted octanol–water partition coefficient (Wildman–Crippen LogP) is 2.55. The minimum absolute atomic E-state index is 0.502. The highest BCUT2D eigenvalue weighted by Gasteiger charge is 2.08. The lowest BCUT2D eigenvalue weighted by atomic mass is 10.2. The van der Waals surface area contributed by atoms with Crippen molar-refractivity contribution in [2.24, 2.45) is 5.73 Å². The van der Waals surface area contributed by atoms with Crippen molar-refractivity contribution in [3.8, 4) is 11.4 Å². The van der Waals surface area contributed by atoms with E-state index >= 15 is 0 Å². The summed E-state index contributed by atoms with van der Waals surface area (Å²) in [4.78, 5) is 13.6. The number of nitrogens with zero attached hydrogens (tertiary/aromatic N) is 3. The molecule has 2 aromatic carbocycles. The molecule has 0 bridgehead atoms. The molecule has 0 aliphatic heterocycles. The fraction of sp³-hybridized carbons (Fsp3) is 0.318. The molecule has 0 atom stereocenters. The molecule has 0 fully saturated rings. The molecule has 30 heavy (non-hydrogen) atoms. The third kappa shape index (κ3) is 7.40. The Morgan fingerprint density at radius 1 is 0.700 bits per heavy atom. The van der Waals surface area contributed by atoms with Crippen molar-refractivity contribution in [2.75, 3.05) is 50.2 Å². The molecule has 3 aromatic rings. The van der Waals surface area contributed by atoms with Gasteiger partial charge in [-0.3, -0.25) is 0 Å². The van der Waals surface area contributed by atoms with Gasteiger partial charge in [-0.05, 0) is 5.56 Å². The quantitative estimate of drug-likeness (QED) is 0.371. The van der Waals surface area contributed by atoms with Crippen LogP contribution in [0.5, 0.6) is 0 Å². The summed E-state index contributed by atoms with van der Waals surface area (Å²) in [5.41, 5.74) is 7.46. The summed E-state index contributed by atoms with van der Waals surface area (Å²) in [6, 6.07) is 20.0. The summed E-state index contributed by atoms with van der Waals surface area (Å²) in [6.07, 6.45) is 0. The molecule has 0 aliphatic carbocycles. The van der Waals surface area contributed by atoms with E-state index < -0.39 is 0 Å². The van der Waals surface area contributed by atoms with Gasteiger partial charge in [0.05, 0.1) is 26.4 Å². The van der Waals surface area contributed by atoms with Crippen molar-refractivity contribution in [3.05, 3.63) is 66.2 Å². The standard InChI is InChI=1S/C22H28N6O2/c23-11-13-29-15-16-30-14-12-24-21-26-20(19-9-5-2-6-10-19)27-22(28-21)25-17-18-7-3-1-4-8-18/h1-10H,11-17,23H2,(H2,24,25,26,27,28). The van der Waals surface area contributed by atoms with Gasteiger partial charge in [0.15, 0.2) is 5.82 Å². The second-order valence-corrected chi connectivity index (χ2v) is 6.45. The van der Waals surface area contributed by atoms with Crippen LogP contribution in [0.4, 0.5) is 11.9 Å². The largest absolute Gasteiger partial charge is 0.378 e. The average molecular weight is 409 g/mol. The first-order valence-corrected chi connectivity index (χ1v) is 10.0. The summed E-state index contributed by atoms with van der Waals surface area (Å²) in [7, 11) is 0. The molecule has 0 amide bonds. The highest BCUT2D eigenvalue weighted by Crippen LogP contribution is 2.17. The van der Waals surface area contributed by atoms with Gasteiger partial charge in [0.1, 0.15) is 0 Å². The van der Waals surface area contributed by atoms with Crippen LogP contribution in [0.3, 0.4) is 0 Å². The van der Waals surface area contributed by atoms with E-state index in [9.17, 15) is 0 Å². The van der Waals surface area contributed by atoms with Gasteiger partial charge in [0.2, 0.25) is 11.9 Å². The minimum Gasteiger partial charge on any atom is -0.378 e. The Morgan fingerprint density at radius 2 is 1.33 bits per heavy atom. The maximum Gasteiger partial charge on any atom is 0.228 e. The first-order chi connectivity index (χ1) is 14.8. The Bertz CT molecular complexity index is 864. The molecule has 0 radical (unpaired) electrons. The lowest BCUT2D eigenvalue weighted by molar-refractivity contribution is 0.0547. The van der Waals surface area contributed by atoms with Crippen molar-refractivity contribution in [1.82, 2.24) is 15.0 Å². The fourth-order valence-corrected chi connectivity index (χ4v) is 2.67. The summed E-state index contributed by atoms with van der Waals surface area (Å²) in [6.45, 7) is 3.86. The number of benzene rings is 2. The molecule has 1 heterocycles. The molecule has 8 heteroatoms. The molecule has 1 aromatic heterocycles.